The summed E-state index contributed by atoms with van der Waals surface area (Å²) in [5, 5.41) is 6.45. The van der Waals surface area contributed by atoms with Crippen molar-refractivity contribution in [1.82, 2.24) is 15.4 Å². The highest BCUT2D eigenvalue weighted by atomic mass is 32.2. The quantitative estimate of drug-likeness (QED) is 0.464. The van der Waals surface area contributed by atoms with Gasteiger partial charge in [-0.25, -0.2) is 22.5 Å². The number of sulfonamides is 1. The van der Waals surface area contributed by atoms with E-state index >= 15 is 0 Å². The molecule has 0 aromatic heterocycles. The lowest BCUT2D eigenvalue weighted by Gasteiger charge is -2.12. The summed E-state index contributed by atoms with van der Waals surface area (Å²) in [6.45, 7) is 5.69. The van der Waals surface area contributed by atoms with Crippen LogP contribution in [-0.2, 0) is 23.0 Å². The molecule has 0 unspecified atom stereocenters. The predicted molar refractivity (Wildman–Crippen MR) is 110 cm³/mol. The van der Waals surface area contributed by atoms with E-state index in [1.54, 1.807) is 30.3 Å². The van der Waals surface area contributed by atoms with Gasteiger partial charge in [0.15, 0.2) is 5.96 Å². The average molecular weight is 407 g/mol. The fraction of sp³-hybridized carbons (Fsp3) is 0.350. The first kappa shape index (κ1) is 21.8. The molecule has 28 heavy (non-hydrogen) atoms. The summed E-state index contributed by atoms with van der Waals surface area (Å²) in [4.78, 5) is 4.76. The summed E-state index contributed by atoms with van der Waals surface area (Å²) in [6, 6.07) is 11.4. The highest BCUT2D eigenvalue weighted by molar-refractivity contribution is 7.89. The average Bonchev–Trinajstić information content (AvgIpc) is 2.68. The van der Waals surface area contributed by atoms with Gasteiger partial charge in [-0.1, -0.05) is 18.2 Å². The molecule has 0 aliphatic carbocycles. The van der Waals surface area contributed by atoms with Crippen LogP contribution in [0.2, 0.25) is 0 Å². The zero-order valence-electron chi connectivity index (χ0n) is 16.4. The van der Waals surface area contributed by atoms with E-state index in [-0.39, 0.29) is 10.7 Å². The summed E-state index contributed by atoms with van der Waals surface area (Å²) in [7, 11) is -2.05. The molecule has 0 saturated carbocycles. The van der Waals surface area contributed by atoms with E-state index < -0.39 is 10.0 Å². The molecule has 0 radical (unpaired) electrons. The van der Waals surface area contributed by atoms with Crippen molar-refractivity contribution in [3.63, 3.8) is 0 Å². The minimum absolute atomic E-state index is 0.224. The molecule has 0 atom stereocenters. The lowest BCUT2D eigenvalue weighted by Crippen LogP contribution is -2.38. The molecular weight excluding hydrogens is 379 g/mol. The minimum Gasteiger partial charge on any atom is -0.357 e. The molecule has 2 aromatic carbocycles. The Bertz CT molecular complexity index is 912. The van der Waals surface area contributed by atoms with Crippen LogP contribution in [0.4, 0.5) is 4.39 Å². The Morgan fingerprint density at radius 2 is 1.82 bits per heavy atom. The van der Waals surface area contributed by atoms with E-state index in [1.807, 2.05) is 13.8 Å². The Kier molecular flexibility index (Phi) is 7.95. The van der Waals surface area contributed by atoms with Crippen LogP contribution in [0.15, 0.2) is 52.4 Å². The molecule has 0 bridgehead atoms. The first-order valence-corrected chi connectivity index (χ1v) is 10.6. The maximum absolute atomic E-state index is 13.2. The van der Waals surface area contributed by atoms with Gasteiger partial charge in [-0.3, -0.25) is 0 Å². The van der Waals surface area contributed by atoms with Crippen molar-refractivity contribution in [3.8, 4) is 0 Å². The third kappa shape index (κ3) is 6.31. The molecule has 3 N–H and O–H groups in total. The molecule has 2 rings (SSSR count). The van der Waals surface area contributed by atoms with Gasteiger partial charge in [0.05, 0.1) is 11.4 Å². The number of hydrogen-bond donors (Lipinski definition) is 3. The second kappa shape index (κ2) is 10.2. The lowest BCUT2D eigenvalue weighted by molar-refractivity contribution is 0.588. The lowest BCUT2D eigenvalue weighted by atomic mass is 10.1. The number of aliphatic imine (C=N–C) groups is 1. The molecule has 0 aliphatic rings. The maximum Gasteiger partial charge on any atom is 0.240 e. The normalized spacial score (nSPS) is 12.1. The number of guanidine groups is 1. The second-order valence-electron chi connectivity index (χ2n) is 6.29. The monoisotopic (exact) mass is 406 g/mol. The van der Waals surface area contributed by atoms with Gasteiger partial charge in [-0.15, -0.1) is 0 Å². The number of halogens is 1. The molecule has 0 fully saturated rings. The molecule has 0 heterocycles. The van der Waals surface area contributed by atoms with E-state index in [0.29, 0.717) is 19.0 Å². The Morgan fingerprint density at radius 1 is 1.11 bits per heavy atom. The third-order valence-corrected chi connectivity index (χ3v) is 5.69. The van der Waals surface area contributed by atoms with Crippen LogP contribution in [0.3, 0.4) is 0 Å². The maximum atomic E-state index is 13.2. The van der Waals surface area contributed by atoms with Crippen molar-refractivity contribution in [2.75, 3.05) is 20.1 Å². The fourth-order valence-electron chi connectivity index (χ4n) is 2.66. The molecule has 152 valence electrons. The molecule has 0 spiro atoms. The van der Waals surface area contributed by atoms with Crippen molar-refractivity contribution >= 4 is 16.0 Å². The van der Waals surface area contributed by atoms with Crippen LogP contribution >= 0.6 is 0 Å². The van der Waals surface area contributed by atoms with Crippen molar-refractivity contribution in [1.29, 1.82) is 0 Å². The summed E-state index contributed by atoms with van der Waals surface area (Å²) >= 11 is 0. The molecule has 0 saturated heterocycles. The van der Waals surface area contributed by atoms with Gasteiger partial charge in [0.1, 0.15) is 5.82 Å². The highest BCUT2D eigenvalue weighted by Gasteiger charge is 2.10. The van der Waals surface area contributed by atoms with Crippen LogP contribution in [0.1, 0.15) is 23.6 Å². The summed E-state index contributed by atoms with van der Waals surface area (Å²) in [5.74, 6) is 0.451. The third-order valence-electron chi connectivity index (χ3n) is 4.26. The smallest absolute Gasteiger partial charge is 0.240 e. The number of nitrogens with zero attached hydrogens (tertiary/aromatic N) is 1. The van der Waals surface area contributed by atoms with Gasteiger partial charge in [-0.05, 0) is 68.3 Å². The summed E-state index contributed by atoms with van der Waals surface area (Å²) in [5.41, 5.74) is 2.92. The molecule has 0 amide bonds. The van der Waals surface area contributed by atoms with Crippen LogP contribution in [0.5, 0.6) is 0 Å². The Labute approximate surface area is 166 Å². The van der Waals surface area contributed by atoms with E-state index in [0.717, 1.165) is 29.7 Å². The SMILES string of the molecule is CCNC(=NCc1ccc(S(=O)(=O)NC)cc1)NCCc1ccc(F)cc1C. The van der Waals surface area contributed by atoms with Crippen molar-refractivity contribution < 1.29 is 12.8 Å². The van der Waals surface area contributed by atoms with Crippen LogP contribution in [0, 0.1) is 12.7 Å². The standard InChI is InChI=1S/C20H27FN4O2S/c1-4-23-20(24-12-11-17-7-8-18(21)13-15(17)2)25-14-16-5-9-19(10-6-16)28(26,27)22-3/h5-10,13,22H,4,11-12,14H2,1-3H3,(H2,23,24,25). The number of hydrogen-bond acceptors (Lipinski definition) is 3. The summed E-state index contributed by atoms with van der Waals surface area (Å²) < 4.78 is 39.0. The van der Waals surface area contributed by atoms with Gasteiger partial charge >= 0.3 is 0 Å². The highest BCUT2D eigenvalue weighted by Crippen LogP contribution is 2.11. The molecule has 2 aromatic rings. The van der Waals surface area contributed by atoms with E-state index in [9.17, 15) is 12.8 Å². The van der Waals surface area contributed by atoms with Gasteiger partial charge in [0.2, 0.25) is 10.0 Å². The van der Waals surface area contributed by atoms with E-state index in [1.165, 1.54) is 19.2 Å². The van der Waals surface area contributed by atoms with Crippen LogP contribution in [0.25, 0.3) is 0 Å². The number of benzene rings is 2. The topological polar surface area (TPSA) is 82.6 Å². The largest absolute Gasteiger partial charge is 0.357 e. The Morgan fingerprint density at radius 3 is 2.43 bits per heavy atom. The molecule has 0 aliphatic heterocycles. The van der Waals surface area contributed by atoms with Gasteiger partial charge in [-0.2, -0.15) is 0 Å². The van der Waals surface area contributed by atoms with Gasteiger partial charge < -0.3 is 10.6 Å². The predicted octanol–water partition coefficient (Wildman–Crippen LogP) is 2.34. The fourth-order valence-corrected chi connectivity index (χ4v) is 3.39. The number of rotatable bonds is 8. The Hall–Kier alpha value is -2.45. The van der Waals surface area contributed by atoms with Crippen molar-refractivity contribution in [3.05, 3.63) is 65.0 Å². The van der Waals surface area contributed by atoms with Gasteiger partial charge in [0.25, 0.3) is 0 Å². The first-order valence-electron chi connectivity index (χ1n) is 9.15. The second-order valence-corrected chi connectivity index (χ2v) is 8.18. The van der Waals surface area contributed by atoms with E-state index in [2.05, 4.69) is 20.3 Å². The molecule has 6 nitrogen and oxygen atoms in total. The van der Waals surface area contributed by atoms with Crippen molar-refractivity contribution in [2.24, 2.45) is 4.99 Å². The zero-order chi connectivity index (χ0) is 20.6. The first-order chi connectivity index (χ1) is 13.4. The van der Waals surface area contributed by atoms with Crippen LogP contribution in [-0.4, -0.2) is 34.5 Å². The van der Waals surface area contributed by atoms with Crippen LogP contribution < -0.4 is 15.4 Å². The number of aryl methyl sites for hydroxylation is 1. The van der Waals surface area contributed by atoms with E-state index in [4.69, 9.17) is 0 Å². The molecule has 8 heteroatoms. The molecular formula is C20H27FN4O2S. The summed E-state index contributed by atoms with van der Waals surface area (Å²) in [6.07, 6.45) is 0.757. The number of nitrogens with one attached hydrogen (secondary N) is 3. The zero-order valence-corrected chi connectivity index (χ0v) is 17.2. The van der Waals surface area contributed by atoms with Crippen molar-refractivity contribution in [2.45, 2.75) is 31.7 Å². The van der Waals surface area contributed by atoms with Gasteiger partial charge in [0, 0.05) is 13.1 Å². The Balaban J connectivity index is 1.96. The minimum atomic E-state index is -3.43.